The Morgan fingerprint density at radius 2 is 1.50 bits per heavy atom. The van der Waals surface area contributed by atoms with Crippen LogP contribution in [0.1, 0.15) is 44.9 Å². The van der Waals surface area contributed by atoms with Gasteiger partial charge in [0.15, 0.2) is 0 Å². The second kappa shape index (κ2) is 18.5. The second-order valence-corrected chi connectivity index (χ2v) is 6.56. The average molecular weight is 403 g/mol. The molecule has 8 N–H and O–H groups in total. The quantitative estimate of drug-likeness (QED) is 0.188. The number of hydrogen-bond donors (Lipinski definition) is 5. The molecule has 0 atom stereocenters. The molecule has 164 valence electrons. The van der Waals surface area contributed by atoms with Crippen LogP contribution in [0.4, 0.5) is 4.79 Å². The molecule has 0 bridgehead atoms. The van der Waals surface area contributed by atoms with E-state index >= 15 is 0 Å². The van der Waals surface area contributed by atoms with E-state index in [0.29, 0.717) is 26.2 Å². The molecule has 0 aromatic heterocycles. The summed E-state index contributed by atoms with van der Waals surface area (Å²) in [6.07, 6.45) is 5.89. The number of amides is 3. The summed E-state index contributed by atoms with van der Waals surface area (Å²) in [4.78, 5) is 36.6. The zero-order valence-corrected chi connectivity index (χ0v) is 16.9. The Morgan fingerprint density at radius 3 is 2.18 bits per heavy atom. The van der Waals surface area contributed by atoms with Gasteiger partial charge in [0.1, 0.15) is 6.61 Å². The van der Waals surface area contributed by atoms with Gasteiger partial charge in [-0.1, -0.05) is 19.3 Å². The lowest BCUT2D eigenvalue weighted by atomic mass is 10.1. The maximum Gasteiger partial charge on any atom is 0.404 e. The Bertz CT molecular complexity index is 436. The number of nitrogens with two attached hydrogens (primary N) is 3. The molecule has 0 aliphatic heterocycles. The molecule has 0 rings (SSSR count). The Kier molecular flexibility index (Phi) is 17.2. The molecule has 0 aromatic carbocycles. The van der Waals surface area contributed by atoms with Crippen molar-refractivity contribution in [2.45, 2.75) is 44.9 Å². The van der Waals surface area contributed by atoms with Crippen molar-refractivity contribution >= 4 is 17.9 Å². The molecule has 0 saturated carbocycles. The van der Waals surface area contributed by atoms with Gasteiger partial charge in [0.05, 0.1) is 19.6 Å². The largest absolute Gasteiger partial charge is 0.448 e. The third-order valence-electron chi connectivity index (χ3n) is 4.07. The molecule has 0 aliphatic rings. The van der Waals surface area contributed by atoms with E-state index in [-0.39, 0.29) is 38.1 Å². The van der Waals surface area contributed by atoms with Crippen molar-refractivity contribution in [3.8, 4) is 0 Å². The van der Waals surface area contributed by atoms with Gasteiger partial charge in [0, 0.05) is 6.54 Å². The number of carbonyl (C=O) groups is 3. The predicted molar refractivity (Wildman–Crippen MR) is 108 cm³/mol. The lowest BCUT2D eigenvalue weighted by molar-refractivity contribution is -0.135. The molecule has 28 heavy (non-hydrogen) atoms. The van der Waals surface area contributed by atoms with E-state index in [0.717, 1.165) is 44.9 Å². The van der Waals surface area contributed by atoms with Crippen molar-refractivity contribution in [3.63, 3.8) is 0 Å². The van der Waals surface area contributed by atoms with E-state index in [1.54, 1.807) is 4.90 Å². The summed E-state index contributed by atoms with van der Waals surface area (Å²) in [5.41, 5.74) is 15.8. The number of carbonyl (C=O) groups excluding carboxylic acids is 3. The first-order valence-corrected chi connectivity index (χ1v) is 10.1. The number of rotatable bonds is 18. The molecule has 0 radical (unpaired) electrons. The van der Waals surface area contributed by atoms with Crippen LogP contribution < -0.4 is 27.8 Å². The lowest BCUT2D eigenvalue weighted by Gasteiger charge is -2.22. The Balaban J connectivity index is 4.30. The monoisotopic (exact) mass is 402 g/mol. The van der Waals surface area contributed by atoms with E-state index in [1.807, 2.05) is 0 Å². The topological polar surface area (TPSA) is 166 Å². The smallest absolute Gasteiger partial charge is 0.404 e. The highest BCUT2D eigenvalue weighted by Crippen LogP contribution is 2.04. The number of nitrogens with one attached hydrogen (secondary N) is 2. The highest BCUT2D eigenvalue weighted by atomic mass is 16.5. The molecular formula is C18H38N6O4. The summed E-state index contributed by atoms with van der Waals surface area (Å²) >= 11 is 0. The normalized spacial score (nSPS) is 10.5. The van der Waals surface area contributed by atoms with Crippen molar-refractivity contribution in [1.29, 1.82) is 0 Å². The highest BCUT2D eigenvalue weighted by molar-refractivity contribution is 5.85. The zero-order valence-electron chi connectivity index (χ0n) is 16.9. The van der Waals surface area contributed by atoms with Crippen molar-refractivity contribution in [3.05, 3.63) is 0 Å². The third kappa shape index (κ3) is 16.3. The third-order valence-corrected chi connectivity index (χ3v) is 4.07. The summed E-state index contributed by atoms with van der Waals surface area (Å²) in [6, 6.07) is 0. The van der Waals surface area contributed by atoms with Crippen LogP contribution in [0.3, 0.4) is 0 Å². The van der Waals surface area contributed by atoms with Crippen LogP contribution >= 0.6 is 0 Å². The standard InChI is InChI=1S/C18H38N6O4/c19-8-4-2-1-3-7-12-24(17(26)14-22-10-6-5-9-20)15-16(25)23-11-13-28-18(21)27/h22H,1-15,19-20H2,(H2,21,27)(H,23,25). The molecule has 10 heteroatoms. The van der Waals surface area contributed by atoms with Gasteiger partial charge in [-0.3, -0.25) is 9.59 Å². The molecule has 0 saturated heterocycles. The van der Waals surface area contributed by atoms with Crippen molar-refractivity contribution in [2.75, 3.05) is 52.4 Å². The summed E-state index contributed by atoms with van der Waals surface area (Å²) in [5, 5.41) is 5.70. The second-order valence-electron chi connectivity index (χ2n) is 6.56. The Morgan fingerprint density at radius 1 is 0.857 bits per heavy atom. The number of primary amides is 1. The molecule has 0 fully saturated rings. The maximum absolute atomic E-state index is 12.5. The molecule has 3 amide bonds. The van der Waals surface area contributed by atoms with Gasteiger partial charge in [-0.05, 0) is 45.3 Å². The van der Waals surface area contributed by atoms with E-state index in [2.05, 4.69) is 15.4 Å². The molecular weight excluding hydrogens is 364 g/mol. The summed E-state index contributed by atoms with van der Waals surface area (Å²) in [6.45, 7) is 2.88. The van der Waals surface area contributed by atoms with Crippen LogP contribution in [0.2, 0.25) is 0 Å². The van der Waals surface area contributed by atoms with Crippen LogP contribution in [-0.4, -0.2) is 75.2 Å². The molecule has 0 aliphatic carbocycles. The Labute approximate surface area is 167 Å². The van der Waals surface area contributed by atoms with Crippen molar-refractivity contribution < 1.29 is 19.1 Å². The van der Waals surface area contributed by atoms with E-state index in [4.69, 9.17) is 17.2 Å². The fourth-order valence-corrected chi connectivity index (χ4v) is 2.54. The minimum Gasteiger partial charge on any atom is -0.448 e. The van der Waals surface area contributed by atoms with Gasteiger partial charge in [-0.15, -0.1) is 0 Å². The molecule has 10 nitrogen and oxygen atoms in total. The molecule has 0 aromatic rings. The highest BCUT2D eigenvalue weighted by Gasteiger charge is 2.16. The number of nitrogens with zero attached hydrogens (tertiary/aromatic N) is 1. The first-order chi connectivity index (χ1) is 13.5. The lowest BCUT2D eigenvalue weighted by Crippen LogP contribution is -2.45. The van der Waals surface area contributed by atoms with Crippen LogP contribution in [-0.2, 0) is 14.3 Å². The van der Waals surface area contributed by atoms with Gasteiger partial charge in [0.2, 0.25) is 11.8 Å². The summed E-state index contributed by atoms with van der Waals surface area (Å²) in [7, 11) is 0. The summed E-state index contributed by atoms with van der Waals surface area (Å²) < 4.78 is 4.56. The summed E-state index contributed by atoms with van der Waals surface area (Å²) in [5.74, 6) is -0.411. The average Bonchev–Trinajstić information content (AvgIpc) is 2.66. The zero-order chi connectivity index (χ0) is 21.0. The van der Waals surface area contributed by atoms with Crippen LogP contribution in [0, 0.1) is 0 Å². The van der Waals surface area contributed by atoms with Gasteiger partial charge in [-0.2, -0.15) is 0 Å². The van der Waals surface area contributed by atoms with E-state index in [1.165, 1.54) is 0 Å². The van der Waals surface area contributed by atoms with Gasteiger partial charge >= 0.3 is 6.09 Å². The SMILES string of the molecule is NCCCCCCCN(CC(=O)NCCOC(N)=O)C(=O)CNCCCCN. The number of unbranched alkanes of at least 4 members (excludes halogenated alkanes) is 5. The number of hydrogen-bond acceptors (Lipinski definition) is 7. The maximum atomic E-state index is 12.5. The fourth-order valence-electron chi connectivity index (χ4n) is 2.54. The molecule has 0 spiro atoms. The molecule has 0 unspecified atom stereocenters. The number of ether oxygens (including phenoxy) is 1. The fraction of sp³-hybridized carbons (Fsp3) is 0.833. The predicted octanol–water partition coefficient (Wildman–Crippen LogP) is -0.736. The van der Waals surface area contributed by atoms with Gasteiger partial charge in [0.25, 0.3) is 0 Å². The molecule has 0 heterocycles. The van der Waals surface area contributed by atoms with E-state index in [9.17, 15) is 14.4 Å². The van der Waals surface area contributed by atoms with Gasteiger partial charge in [-0.25, -0.2) is 4.79 Å². The Hall–Kier alpha value is -1.91. The van der Waals surface area contributed by atoms with Crippen LogP contribution in [0.25, 0.3) is 0 Å². The minimum absolute atomic E-state index is 0.00113. The van der Waals surface area contributed by atoms with Gasteiger partial charge < -0.3 is 37.5 Å². The van der Waals surface area contributed by atoms with E-state index < -0.39 is 6.09 Å². The van der Waals surface area contributed by atoms with Crippen molar-refractivity contribution in [2.24, 2.45) is 17.2 Å². The van der Waals surface area contributed by atoms with Crippen LogP contribution in [0.15, 0.2) is 0 Å². The first kappa shape index (κ1) is 26.1. The van der Waals surface area contributed by atoms with Crippen LogP contribution in [0.5, 0.6) is 0 Å². The minimum atomic E-state index is -0.888. The van der Waals surface area contributed by atoms with Crippen molar-refractivity contribution in [1.82, 2.24) is 15.5 Å². The first-order valence-electron chi connectivity index (χ1n) is 10.1.